The molecule has 3 aliphatic heterocycles. The number of piperazine rings is 1. The predicted molar refractivity (Wildman–Crippen MR) is 144 cm³/mol. The number of benzene rings is 1. The third kappa shape index (κ3) is 3.85. The number of nitriles is 1. The standard InChI is InChI=1S/C29H35N5O6/c1-12-7-15-8-17-19(10-30)34-18(23(33(17)4)21(15)25(36)27(12)39-5)9-16-22(20(34)11-32-29(38)14(3)31)26(37)28(40-6)13(2)24(16)35/h7,14,17-20,23,36H,8-9,11,31H2,1-6H3,(H,32,38)/t14-,17?,18-,19-,20-,23?/m0/s1. The first-order chi connectivity index (χ1) is 19.0. The molecule has 1 amide bonds. The van der Waals surface area contributed by atoms with Gasteiger partial charge in [0.25, 0.3) is 0 Å². The van der Waals surface area contributed by atoms with Crippen LogP contribution < -0.4 is 15.8 Å². The van der Waals surface area contributed by atoms with Crippen molar-refractivity contribution in [3.8, 4) is 17.6 Å². The van der Waals surface area contributed by atoms with Gasteiger partial charge in [-0.15, -0.1) is 0 Å². The molecule has 0 radical (unpaired) electrons. The highest BCUT2D eigenvalue weighted by molar-refractivity contribution is 6.25. The molecule has 1 saturated heterocycles. The quantitative estimate of drug-likeness (QED) is 0.448. The van der Waals surface area contributed by atoms with Crippen molar-refractivity contribution in [2.75, 3.05) is 27.8 Å². The molecule has 40 heavy (non-hydrogen) atoms. The number of methoxy groups -OCH3 is 2. The number of hydrogen-bond acceptors (Lipinski definition) is 10. The van der Waals surface area contributed by atoms with Gasteiger partial charge in [0.05, 0.1) is 38.4 Å². The molecule has 2 bridgehead atoms. The van der Waals surface area contributed by atoms with Crippen LogP contribution in [-0.4, -0.2) is 90.4 Å². The largest absolute Gasteiger partial charge is 0.504 e. The second kappa shape index (κ2) is 10.0. The van der Waals surface area contributed by atoms with E-state index in [1.807, 2.05) is 24.9 Å². The van der Waals surface area contributed by atoms with Crippen LogP contribution in [0.15, 0.2) is 28.5 Å². The van der Waals surface area contributed by atoms with E-state index in [4.69, 9.17) is 15.2 Å². The van der Waals surface area contributed by atoms with Crippen LogP contribution in [0.1, 0.15) is 43.0 Å². The summed E-state index contributed by atoms with van der Waals surface area (Å²) >= 11 is 0. The number of allylic oxidation sites excluding steroid dienone is 2. The lowest BCUT2D eigenvalue weighted by Gasteiger charge is -2.60. The van der Waals surface area contributed by atoms with E-state index in [2.05, 4.69) is 16.3 Å². The lowest BCUT2D eigenvalue weighted by Crippen LogP contribution is -2.71. The topological polar surface area (TPSA) is 158 Å². The van der Waals surface area contributed by atoms with Crippen LogP contribution in [0.4, 0.5) is 0 Å². The molecule has 0 saturated carbocycles. The van der Waals surface area contributed by atoms with Crippen LogP contribution in [0.25, 0.3) is 0 Å². The molecule has 212 valence electrons. The summed E-state index contributed by atoms with van der Waals surface area (Å²) in [5, 5.41) is 24.8. The zero-order valence-electron chi connectivity index (χ0n) is 23.6. The highest BCUT2D eigenvalue weighted by Gasteiger charge is 2.57. The molecule has 1 aliphatic carbocycles. The second-order valence-corrected chi connectivity index (χ2v) is 11.1. The van der Waals surface area contributed by atoms with Gasteiger partial charge in [0.15, 0.2) is 23.0 Å². The molecule has 1 aromatic carbocycles. The first-order valence-electron chi connectivity index (χ1n) is 13.4. The number of ketones is 2. The third-order valence-corrected chi connectivity index (χ3v) is 8.95. The molecule has 11 heteroatoms. The van der Waals surface area contributed by atoms with E-state index >= 15 is 0 Å². The number of aryl methyl sites for hydroxylation is 1. The number of nitrogens with one attached hydrogen (secondary N) is 1. The molecule has 3 heterocycles. The maximum Gasteiger partial charge on any atom is 0.236 e. The zero-order valence-corrected chi connectivity index (χ0v) is 23.6. The number of nitrogens with two attached hydrogens (primary N) is 1. The van der Waals surface area contributed by atoms with E-state index < -0.39 is 41.9 Å². The molecule has 2 unspecified atom stereocenters. The summed E-state index contributed by atoms with van der Waals surface area (Å²) < 4.78 is 10.9. The number of ether oxygens (including phenoxy) is 2. The van der Waals surface area contributed by atoms with Gasteiger partial charge in [0.1, 0.15) is 6.04 Å². The van der Waals surface area contributed by atoms with Gasteiger partial charge in [-0.05, 0) is 51.8 Å². The van der Waals surface area contributed by atoms with Crippen molar-refractivity contribution >= 4 is 17.5 Å². The lowest BCUT2D eigenvalue weighted by atomic mass is 9.69. The van der Waals surface area contributed by atoms with Gasteiger partial charge in [0, 0.05) is 40.9 Å². The van der Waals surface area contributed by atoms with Crippen LogP contribution in [0, 0.1) is 18.3 Å². The number of rotatable bonds is 5. The number of fused-ring (bicyclic) bond motifs is 6. The Morgan fingerprint density at radius 3 is 2.52 bits per heavy atom. The Bertz CT molecular complexity index is 1420. The fourth-order valence-corrected chi connectivity index (χ4v) is 7.17. The summed E-state index contributed by atoms with van der Waals surface area (Å²) in [6, 6.07) is 1.07. The summed E-state index contributed by atoms with van der Waals surface area (Å²) in [5.41, 5.74) is 9.01. The number of aromatic hydroxyl groups is 1. The molecule has 11 nitrogen and oxygen atoms in total. The molecular weight excluding hydrogens is 514 g/mol. The van der Waals surface area contributed by atoms with Crippen LogP contribution >= 0.6 is 0 Å². The number of phenolic OH excluding ortho intramolecular Hbond substituents is 1. The van der Waals surface area contributed by atoms with Crippen molar-refractivity contribution in [1.29, 1.82) is 5.26 Å². The molecule has 1 aromatic rings. The fraction of sp³-hybridized carbons (Fsp3) is 0.517. The van der Waals surface area contributed by atoms with Crippen molar-refractivity contribution < 1.29 is 29.0 Å². The summed E-state index contributed by atoms with van der Waals surface area (Å²) in [5.74, 6) is -0.749. The molecule has 4 N–H and O–H groups in total. The molecule has 1 fully saturated rings. The summed E-state index contributed by atoms with van der Waals surface area (Å²) in [6.45, 7) is 4.97. The number of likely N-dealkylation sites (N-methyl/N-ethyl adjacent to an activating group) is 1. The Balaban J connectivity index is 1.72. The number of Topliss-reactive ketones (excluding diaryl/α,β-unsaturated/α-hetero) is 2. The molecular formula is C29H35N5O6. The third-order valence-electron chi connectivity index (χ3n) is 8.95. The van der Waals surface area contributed by atoms with Gasteiger partial charge in [-0.25, -0.2) is 0 Å². The lowest BCUT2D eigenvalue weighted by molar-refractivity contribution is -0.125. The Labute approximate surface area is 233 Å². The van der Waals surface area contributed by atoms with Gasteiger partial charge in [0.2, 0.25) is 11.7 Å². The zero-order chi connectivity index (χ0) is 29.2. The summed E-state index contributed by atoms with van der Waals surface area (Å²) in [6.07, 6.45) is 0.670. The van der Waals surface area contributed by atoms with E-state index in [0.717, 1.165) is 11.1 Å². The minimum Gasteiger partial charge on any atom is -0.504 e. The highest BCUT2D eigenvalue weighted by atomic mass is 16.5. The molecule has 5 rings (SSSR count). The van der Waals surface area contributed by atoms with Crippen molar-refractivity contribution in [3.63, 3.8) is 0 Å². The minimum absolute atomic E-state index is 0.0256. The van der Waals surface area contributed by atoms with E-state index in [-0.39, 0.29) is 47.4 Å². The van der Waals surface area contributed by atoms with Crippen LogP contribution in [-0.2, 0) is 25.5 Å². The average Bonchev–Trinajstić information content (AvgIpc) is 2.91. The Morgan fingerprint density at radius 1 is 1.23 bits per heavy atom. The first kappa shape index (κ1) is 27.8. The summed E-state index contributed by atoms with van der Waals surface area (Å²) in [4.78, 5) is 44.1. The Morgan fingerprint density at radius 2 is 1.93 bits per heavy atom. The van der Waals surface area contributed by atoms with Gasteiger partial charge in [-0.1, -0.05) is 6.07 Å². The first-order valence-corrected chi connectivity index (χ1v) is 13.4. The minimum atomic E-state index is -0.787. The van der Waals surface area contributed by atoms with E-state index in [1.165, 1.54) is 14.2 Å². The van der Waals surface area contributed by atoms with Gasteiger partial charge in [-0.2, -0.15) is 5.26 Å². The number of carbonyl (C=O) groups excluding carboxylic acids is 3. The predicted octanol–water partition coefficient (Wildman–Crippen LogP) is 0.788. The van der Waals surface area contributed by atoms with E-state index in [9.17, 15) is 24.8 Å². The number of phenols is 1. The van der Waals surface area contributed by atoms with Gasteiger partial charge in [-0.3, -0.25) is 24.2 Å². The second-order valence-electron chi connectivity index (χ2n) is 11.1. The molecule has 6 atom stereocenters. The smallest absolute Gasteiger partial charge is 0.236 e. The number of hydrogen-bond donors (Lipinski definition) is 3. The van der Waals surface area contributed by atoms with Crippen molar-refractivity contribution in [2.45, 2.75) is 69.9 Å². The van der Waals surface area contributed by atoms with Crippen molar-refractivity contribution in [3.05, 3.63) is 45.2 Å². The SMILES string of the molecule is COC1=C(C)C(=O)C2=C(C1=O)[C@H](CNC(=O)[C@H](C)N)N1[C@@H](C#N)C3Cc4cc(C)c(OC)c(O)c4C([C@@H]1C2)N3C. The Kier molecular flexibility index (Phi) is 6.98. The number of amides is 1. The highest BCUT2D eigenvalue weighted by Crippen LogP contribution is 2.53. The van der Waals surface area contributed by atoms with E-state index in [1.54, 1.807) is 13.8 Å². The maximum absolute atomic E-state index is 13.8. The monoisotopic (exact) mass is 549 g/mol. The molecule has 0 aromatic heterocycles. The van der Waals surface area contributed by atoms with Crippen molar-refractivity contribution in [1.82, 2.24) is 15.1 Å². The van der Waals surface area contributed by atoms with Crippen LogP contribution in [0.2, 0.25) is 0 Å². The molecule has 4 aliphatic rings. The van der Waals surface area contributed by atoms with Gasteiger partial charge >= 0.3 is 0 Å². The Hall–Kier alpha value is -3.72. The van der Waals surface area contributed by atoms with Crippen LogP contribution in [0.3, 0.4) is 0 Å². The normalized spacial score (nSPS) is 28.8. The fourth-order valence-electron chi connectivity index (χ4n) is 7.17. The number of nitrogens with zero attached hydrogens (tertiary/aromatic N) is 3. The van der Waals surface area contributed by atoms with Gasteiger partial charge < -0.3 is 25.6 Å². The average molecular weight is 550 g/mol. The maximum atomic E-state index is 13.8. The number of carbonyl (C=O) groups is 3. The molecule has 0 spiro atoms. The van der Waals surface area contributed by atoms with Crippen LogP contribution in [0.5, 0.6) is 11.5 Å². The van der Waals surface area contributed by atoms with Crippen molar-refractivity contribution in [2.24, 2.45) is 5.73 Å². The summed E-state index contributed by atoms with van der Waals surface area (Å²) in [7, 11) is 4.78. The van der Waals surface area contributed by atoms with E-state index in [0.29, 0.717) is 23.3 Å².